The van der Waals surface area contributed by atoms with E-state index < -0.39 is 6.10 Å². The molecule has 7 nitrogen and oxygen atoms in total. The lowest BCUT2D eigenvalue weighted by atomic mass is 10.1. The first-order valence-corrected chi connectivity index (χ1v) is 10.1. The first-order chi connectivity index (χ1) is 14.3. The molecule has 1 atom stereocenters. The summed E-state index contributed by atoms with van der Waals surface area (Å²) in [6, 6.07) is 12.3. The summed E-state index contributed by atoms with van der Waals surface area (Å²) in [4.78, 5) is 12.5. The van der Waals surface area contributed by atoms with Crippen LogP contribution in [-0.4, -0.2) is 41.6 Å². The predicted octanol–water partition coefficient (Wildman–Crippen LogP) is 3.73. The lowest BCUT2D eigenvalue weighted by Gasteiger charge is -2.16. The van der Waals surface area contributed by atoms with Crippen LogP contribution in [0.4, 0.5) is 0 Å². The number of halogens is 1. The normalized spacial score (nSPS) is 11.8. The van der Waals surface area contributed by atoms with Crippen molar-refractivity contribution in [3.63, 3.8) is 0 Å². The Morgan fingerprint density at radius 2 is 1.87 bits per heavy atom. The SMILES string of the molecule is COc1ccc(OC)c(C(O)CNC(=O)c2ccc(-n3nc(C)c(Br)c3C)cc2)c1. The summed E-state index contributed by atoms with van der Waals surface area (Å²) in [5.41, 5.74) is 3.78. The number of aliphatic hydroxyl groups is 1. The maximum absolute atomic E-state index is 12.5. The number of hydrogen-bond donors (Lipinski definition) is 2. The van der Waals surface area contributed by atoms with E-state index in [9.17, 15) is 9.90 Å². The first-order valence-electron chi connectivity index (χ1n) is 9.36. The van der Waals surface area contributed by atoms with Gasteiger partial charge in [0.25, 0.3) is 5.91 Å². The van der Waals surface area contributed by atoms with Crippen LogP contribution in [0.2, 0.25) is 0 Å². The largest absolute Gasteiger partial charge is 0.497 e. The Bertz CT molecular complexity index is 1050. The van der Waals surface area contributed by atoms with Crippen LogP contribution in [0.5, 0.6) is 11.5 Å². The summed E-state index contributed by atoms with van der Waals surface area (Å²) < 4.78 is 13.3. The van der Waals surface area contributed by atoms with Gasteiger partial charge in [-0.2, -0.15) is 5.10 Å². The van der Waals surface area contributed by atoms with Crippen molar-refractivity contribution in [2.45, 2.75) is 20.0 Å². The van der Waals surface area contributed by atoms with Gasteiger partial charge in [0.2, 0.25) is 0 Å². The molecule has 3 aromatic rings. The lowest BCUT2D eigenvalue weighted by Crippen LogP contribution is -2.28. The van der Waals surface area contributed by atoms with Gasteiger partial charge in [0, 0.05) is 17.7 Å². The number of hydrogen-bond acceptors (Lipinski definition) is 5. The molecule has 2 N–H and O–H groups in total. The van der Waals surface area contributed by atoms with Crippen LogP contribution in [0.25, 0.3) is 5.69 Å². The smallest absolute Gasteiger partial charge is 0.251 e. The second kappa shape index (κ2) is 9.32. The minimum Gasteiger partial charge on any atom is -0.497 e. The highest BCUT2D eigenvalue weighted by molar-refractivity contribution is 9.10. The summed E-state index contributed by atoms with van der Waals surface area (Å²) in [7, 11) is 3.08. The van der Waals surface area contributed by atoms with E-state index in [4.69, 9.17) is 9.47 Å². The van der Waals surface area contributed by atoms with Crippen LogP contribution < -0.4 is 14.8 Å². The molecule has 30 heavy (non-hydrogen) atoms. The van der Waals surface area contributed by atoms with Crippen molar-refractivity contribution >= 4 is 21.8 Å². The average Bonchev–Trinajstić information content (AvgIpc) is 3.04. The molecule has 1 aromatic heterocycles. The number of aliphatic hydroxyl groups excluding tert-OH is 1. The first kappa shape index (κ1) is 21.9. The molecule has 0 radical (unpaired) electrons. The van der Waals surface area contributed by atoms with E-state index in [1.54, 1.807) is 37.4 Å². The number of methoxy groups -OCH3 is 2. The topological polar surface area (TPSA) is 85.6 Å². The molecule has 0 aliphatic heterocycles. The van der Waals surface area contributed by atoms with Gasteiger partial charge < -0.3 is 19.9 Å². The highest BCUT2D eigenvalue weighted by atomic mass is 79.9. The van der Waals surface area contributed by atoms with Crippen molar-refractivity contribution in [2.75, 3.05) is 20.8 Å². The third-order valence-electron chi connectivity index (χ3n) is 4.83. The Morgan fingerprint density at radius 1 is 1.17 bits per heavy atom. The molecule has 1 unspecified atom stereocenters. The number of nitrogens with one attached hydrogen (secondary N) is 1. The Morgan fingerprint density at radius 3 is 2.43 bits per heavy atom. The van der Waals surface area contributed by atoms with Crippen molar-refractivity contribution in [2.24, 2.45) is 0 Å². The molecule has 0 bridgehead atoms. The second-order valence-corrected chi connectivity index (χ2v) is 7.57. The van der Waals surface area contributed by atoms with Crippen LogP contribution in [0.1, 0.15) is 33.4 Å². The number of ether oxygens (including phenoxy) is 2. The molecule has 8 heteroatoms. The molecule has 0 saturated heterocycles. The van der Waals surface area contributed by atoms with Crippen LogP contribution in [-0.2, 0) is 0 Å². The molecule has 0 saturated carbocycles. The Kier molecular flexibility index (Phi) is 6.79. The Labute approximate surface area is 183 Å². The molecule has 158 valence electrons. The number of nitrogens with zero attached hydrogens (tertiary/aromatic N) is 2. The highest BCUT2D eigenvalue weighted by Gasteiger charge is 2.17. The van der Waals surface area contributed by atoms with Crippen LogP contribution in [0, 0.1) is 13.8 Å². The molecule has 0 spiro atoms. The van der Waals surface area contributed by atoms with E-state index in [1.807, 2.05) is 30.7 Å². The van der Waals surface area contributed by atoms with Gasteiger partial charge in [-0.1, -0.05) is 0 Å². The van der Waals surface area contributed by atoms with Crippen molar-refractivity contribution in [3.05, 3.63) is 69.5 Å². The fourth-order valence-electron chi connectivity index (χ4n) is 3.13. The van der Waals surface area contributed by atoms with Crippen molar-refractivity contribution in [3.8, 4) is 17.2 Å². The monoisotopic (exact) mass is 473 g/mol. The number of carbonyl (C=O) groups excluding carboxylic acids is 1. The van der Waals surface area contributed by atoms with Gasteiger partial charge >= 0.3 is 0 Å². The van der Waals surface area contributed by atoms with Gasteiger partial charge in [0.15, 0.2) is 0 Å². The zero-order chi connectivity index (χ0) is 21.8. The van der Waals surface area contributed by atoms with E-state index in [2.05, 4.69) is 26.3 Å². The van der Waals surface area contributed by atoms with Crippen molar-refractivity contribution in [1.82, 2.24) is 15.1 Å². The maximum atomic E-state index is 12.5. The molecule has 2 aromatic carbocycles. The summed E-state index contributed by atoms with van der Waals surface area (Å²) in [6.07, 6.45) is -0.940. The summed E-state index contributed by atoms with van der Waals surface area (Å²) in [5, 5.41) is 17.8. The minimum atomic E-state index is -0.940. The molecule has 3 rings (SSSR count). The Hall–Kier alpha value is -2.84. The molecule has 0 fully saturated rings. The van der Waals surface area contributed by atoms with Crippen molar-refractivity contribution < 1.29 is 19.4 Å². The van der Waals surface area contributed by atoms with E-state index in [1.165, 1.54) is 7.11 Å². The van der Waals surface area contributed by atoms with Gasteiger partial charge in [-0.25, -0.2) is 4.68 Å². The standard InChI is InChI=1S/C22H24BrN3O4/c1-13-21(23)14(2)26(25-13)16-7-5-15(6-8-16)22(28)24-12-19(27)18-11-17(29-3)9-10-20(18)30-4/h5-11,19,27H,12H2,1-4H3,(H,24,28). The second-order valence-electron chi connectivity index (χ2n) is 6.78. The number of rotatable bonds is 7. The van der Waals surface area contributed by atoms with Crippen LogP contribution in [0.15, 0.2) is 46.9 Å². The van der Waals surface area contributed by atoms with E-state index >= 15 is 0 Å². The summed E-state index contributed by atoms with van der Waals surface area (Å²) >= 11 is 3.52. The third-order valence-corrected chi connectivity index (χ3v) is 5.98. The van der Waals surface area contributed by atoms with Gasteiger partial charge in [0.1, 0.15) is 17.6 Å². The van der Waals surface area contributed by atoms with E-state index in [0.717, 1.165) is 21.5 Å². The van der Waals surface area contributed by atoms with Crippen molar-refractivity contribution in [1.29, 1.82) is 0 Å². The summed E-state index contributed by atoms with van der Waals surface area (Å²) in [5.74, 6) is 0.845. The predicted molar refractivity (Wildman–Crippen MR) is 118 cm³/mol. The van der Waals surface area contributed by atoms with Gasteiger partial charge in [-0.3, -0.25) is 4.79 Å². The van der Waals surface area contributed by atoms with Crippen LogP contribution >= 0.6 is 15.9 Å². The molecule has 0 aliphatic rings. The van der Waals surface area contributed by atoms with Gasteiger partial charge in [0.05, 0.1) is 35.8 Å². The number of benzene rings is 2. The Balaban J connectivity index is 1.69. The number of aromatic nitrogens is 2. The van der Waals surface area contributed by atoms with E-state index in [-0.39, 0.29) is 12.5 Å². The molecular weight excluding hydrogens is 450 g/mol. The summed E-state index contributed by atoms with van der Waals surface area (Å²) in [6.45, 7) is 3.94. The number of aryl methyl sites for hydroxylation is 1. The molecule has 1 amide bonds. The quantitative estimate of drug-likeness (QED) is 0.545. The third kappa shape index (κ3) is 4.49. The minimum absolute atomic E-state index is 0.0362. The fraction of sp³-hybridized carbons (Fsp3) is 0.273. The zero-order valence-corrected chi connectivity index (χ0v) is 18.9. The average molecular weight is 474 g/mol. The number of carbonyl (C=O) groups is 1. The maximum Gasteiger partial charge on any atom is 0.251 e. The zero-order valence-electron chi connectivity index (χ0n) is 17.3. The highest BCUT2D eigenvalue weighted by Crippen LogP contribution is 2.29. The van der Waals surface area contributed by atoms with Crippen LogP contribution in [0.3, 0.4) is 0 Å². The van der Waals surface area contributed by atoms with Gasteiger partial charge in [-0.15, -0.1) is 0 Å². The molecule has 1 heterocycles. The number of amides is 1. The molecular formula is C22H24BrN3O4. The lowest BCUT2D eigenvalue weighted by molar-refractivity contribution is 0.0914. The molecule has 0 aliphatic carbocycles. The fourth-order valence-corrected chi connectivity index (χ4v) is 3.38. The van der Waals surface area contributed by atoms with Gasteiger partial charge in [-0.05, 0) is 72.2 Å². The van der Waals surface area contributed by atoms with E-state index in [0.29, 0.717) is 22.6 Å².